The van der Waals surface area contributed by atoms with Crippen LogP contribution in [-0.2, 0) is 15.4 Å². The molecule has 5 nitrogen and oxygen atoms in total. The van der Waals surface area contributed by atoms with Gasteiger partial charge in [-0.25, -0.2) is 8.42 Å². The molecule has 3 rings (SSSR count). The van der Waals surface area contributed by atoms with Crippen LogP contribution in [0.5, 0.6) is 5.75 Å². The molecule has 152 valence electrons. The van der Waals surface area contributed by atoms with Crippen LogP contribution < -0.4 is 9.64 Å². The fourth-order valence-corrected chi connectivity index (χ4v) is 4.85. The van der Waals surface area contributed by atoms with E-state index >= 15 is 0 Å². The van der Waals surface area contributed by atoms with Crippen LogP contribution in [0.1, 0.15) is 32.8 Å². The Kier molecular flexibility index (Phi) is 6.01. The van der Waals surface area contributed by atoms with Crippen molar-refractivity contribution in [2.24, 2.45) is 0 Å². The first kappa shape index (κ1) is 20.7. The molecular weight excluding hydrogens is 372 g/mol. The standard InChI is InChI=1S/C22H30N2O3S/c1-5-22(2,3)18-9-11-21(12-10-18)28(25,26)24-15-13-23(14-16-24)19-7-6-8-20(17-19)27-4/h6-12,17H,5,13-16H2,1-4H3. The summed E-state index contributed by atoms with van der Waals surface area (Å²) in [5.74, 6) is 0.808. The van der Waals surface area contributed by atoms with Crippen molar-refractivity contribution in [3.8, 4) is 5.75 Å². The lowest BCUT2D eigenvalue weighted by molar-refractivity contribution is 0.384. The summed E-state index contributed by atoms with van der Waals surface area (Å²) in [4.78, 5) is 2.57. The molecule has 2 aromatic carbocycles. The predicted octanol–water partition coefficient (Wildman–Crippen LogP) is 3.89. The smallest absolute Gasteiger partial charge is 0.243 e. The third-order valence-electron chi connectivity index (χ3n) is 5.81. The molecule has 0 amide bonds. The highest BCUT2D eigenvalue weighted by atomic mass is 32.2. The van der Waals surface area contributed by atoms with Crippen LogP contribution in [-0.4, -0.2) is 46.0 Å². The zero-order valence-electron chi connectivity index (χ0n) is 17.2. The minimum Gasteiger partial charge on any atom is -0.497 e. The van der Waals surface area contributed by atoms with E-state index in [0.717, 1.165) is 23.4 Å². The van der Waals surface area contributed by atoms with Crippen molar-refractivity contribution in [3.05, 3.63) is 54.1 Å². The van der Waals surface area contributed by atoms with E-state index in [1.54, 1.807) is 23.5 Å². The van der Waals surface area contributed by atoms with Crippen LogP contribution in [0, 0.1) is 0 Å². The molecule has 1 saturated heterocycles. The predicted molar refractivity (Wildman–Crippen MR) is 114 cm³/mol. The summed E-state index contributed by atoms with van der Waals surface area (Å²) >= 11 is 0. The first-order valence-electron chi connectivity index (χ1n) is 9.77. The molecule has 1 fully saturated rings. The SMILES string of the molecule is CCC(C)(C)c1ccc(S(=O)(=O)N2CCN(c3cccc(OC)c3)CC2)cc1. The zero-order chi connectivity index (χ0) is 20.4. The lowest BCUT2D eigenvalue weighted by atomic mass is 9.82. The van der Waals surface area contributed by atoms with Crippen molar-refractivity contribution < 1.29 is 13.2 Å². The maximum atomic E-state index is 13.0. The van der Waals surface area contributed by atoms with Gasteiger partial charge in [-0.2, -0.15) is 4.31 Å². The van der Waals surface area contributed by atoms with Gasteiger partial charge in [0.2, 0.25) is 10.0 Å². The summed E-state index contributed by atoms with van der Waals surface area (Å²) in [6.45, 7) is 8.76. The van der Waals surface area contributed by atoms with Crippen molar-refractivity contribution in [2.75, 3.05) is 38.2 Å². The van der Waals surface area contributed by atoms with Gasteiger partial charge in [-0.3, -0.25) is 0 Å². The van der Waals surface area contributed by atoms with E-state index in [-0.39, 0.29) is 5.41 Å². The highest BCUT2D eigenvalue weighted by Crippen LogP contribution is 2.29. The molecule has 6 heteroatoms. The summed E-state index contributed by atoms with van der Waals surface area (Å²) < 4.78 is 33.0. The number of hydrogen-bond donors (Lipinski definition) is 0. The van der Waals surface area contributed by atoms with Crippen LogP contribution in [0.2, 0.25) is 0 Å². The molecule has 1 aliphatic rings. The Labute approximate surface area is 169 Å². The summed E-state index contributed by atoms with van der Waals surface area (Å²) in [7, 11) is -1.82. The molecule has 0 aliphatic carbocycles. The summed E-state index contributed by atoms with van der Waals surface area (Å²) in [5.41, 5.74) is 2.27. The van der Waals surface area contributed by atoms with Gasteiger partial charge in [-0.15, -0.1) is 0 Å². The Hall–Kier alpha value is -2.05. The number of sulfonamides is 1. The molecule has 28 heavy (non-hydrogen) atoms. The molecule has 0 radical (unpaired) electrons. The van der Waals surface area contributed by atoms with Crippen molar-refractivity contribution >= 4 is 15.7 Å². The summed E-state index contributed by atoms with van der Waals surface area (Å²) in [6, 6.07) is 15.3. The fraction of sp³-hybridized carbons (Fsp3) is 0.455. The van der Waals surface area contributed by atoms with E-state index in [2.05, 4.69) is 25.7 Å². The average molecular weight is 403 g/mol. The molecule has 0 unspecified atom stereocenters. The molecule has 1 heterocycles. The largest absolute Gasteiger partial charge is 0.497 e. The minimum absolute atomic E-state index is 0.0463. The number of rotatable bonds is 6. The van der Waals surface area contributed by atoms with Gasteiger partial charge in [0.05, 0.1) is 12.0 Å². The molecule has 0 atom stereocenters. The van der Waals surface area contributed by atoms with Gasteiger partial charge in [-0.1, -0.05) is 39.0 Å². The Bertz CT molecular complexity index is 900. The van der Waals surface area contributed by atoms with E-state index in [1.165, 1.54) is 0 Å². The maximum absolute atomic E-state index is 13.0. The number of benzene rings is 2. The van der Waals surface area contributed by atoms with E-state index in [1.807, 2.05) is 36.4 Å². The monoisotopic (exact) mass is 402 g/mol. The Morgan fingerprint density at radius 3 is 2.21 bits per heavy atom. The highest BCUT2D eigenvalue weighted by molar-refractivity contribution is 7.89. The second kappa shape index (κ2) is 8.13. The zero-order valence-corrected chi connectivity index (χ0v) is 18.0. The van der Waals surface area contributed by atoms with Crippen molar-refractivity contribution in [1.29, 1.82) is 0 Å². The van der Waals surface area contributed by atoms with Crippen LogP contribution >= 0.6 is 0 Å². The first-order valence-corrected chi connectivity index (χ1v) is 11.2. The quantitative estimate of drug-likeness (QED) is 0.735. The second-order valence-electron chi connectivity index (χ2n) is 7.85. The molecule has 0 saturated carbocycles. The van der Waals surface area contributed by atoms with Gasteiger partial charge >= 0.3 is 0 Å². The van der Waals surface area contributed by atoms with Gasteiger partial charge < -0.3 is 9.64 Å². The van der Waals surface area contributed by atoms with E-state index < -0.39 is 10.0 Å². The number of ether oxygens (including phenoxy) is 1. The number of anilines is 1. The van der Waals surface area contributed by atoms with Crippen molar-refractivity contribution in [2.45, 2.75) is 37.5 Å². The van der Waals surface area contributed by atoms with Crippen molar-refractivity contribution in [3.63, 3.8) is 0 Å². The van der Waals surface area contributed by atoms with Gasteiger partial charge in [-0.05, 0) is 41.7 Å². The number of hydrogen-bond acceptors (Lipinski definition) is 4. The van der Waals surface area contributed by atoms with Crippen LogP contribution in [0.25, 0.3) is 0 Å². The van der Waals surface area contributed by atoms with Crippen LogP contribution in [0.15, 0.2) is 53.4 Å². The maximum Gasteiger partial charge on any atom is 0.243 e. The molecule has 0 bridgehead atoms. The molecule has 0 spiro atoms. The minimum atomic E-state index is -3.47. The average Bonchev–Trinajstić information content (AvgIpc) is 2.74. The van der Waals surface area contributed by atoms with Gasteiger partial charge in [0.25, 0.3) is 0 Å². The summed E-state index contributed by atoms with van der Waals surface area (Å²) in [6.07, 6.45) is 1.01. The third-order valence-corrected chi connectivity index (χ3v) is 7.73. The van der Waals surface area contributed by atoms with E-state index in [0.29, 0.717) is 31.1 Å². The number of piperazine rings is 1. The lowest BCUT2D eigenvalue weighted by Crippen LogP contribution is -2.48. The van der Waals surface area contributed by atoms with E-state index in [9.17, 15) is 8.42 Å². The Morgan fingerprint density at radius 1 is 1.00 bits per heavy atom. The van der Waals surface area contributed by atoms with Gasteiger partial charge in [0.15, 0.2) is 0 Å². The molecular formula is C22H30N2O3S. The Balaban J connectivity index is 1.70. The topological polar surface area (TPSA) is 49.9 Å². The van der Waals surface area contributed by atoms with Crippen LogP contribution in [0.4, 0.5) is 5.69 Å². The van der Waals surface area contributed by atoms with Crippen molar-refractivity contribution in [1.82, 2.24) is 4.31 Å². The van der Waals surface area contributed by atoms with Crippen LogP contribution in [0.3, 0.4) is 0 Å². The molecule has 2 aromatic rings. The number of nitrogens with zero attached hydrogens (tertiary/aromatic N) is 2. The Morgan fingerprint density at radius 2 is 1.64 bits per heavy atom. The lowest BCUT2D eigenvalue weighted by Gasteiger charge is -2.35. The summed E-state index contributed by atoms with van der Waals surface area (Å²) in [5, 5.41) is 0. The molecule has 1 aliphatic heterocycles. The third kappa shape index (κ3) is 4.18. The highest BCUT2D eigenvalue weighted by Gasteiger charge is 2.29. The van der Waals surface area contributed by atoms with Gasteiger partial charge in [0.1, 0.15) is 5.75 Å². The molecule has 0 aromatic heterocycles. The first-order chi connectivity index (χ1) is 13.3. The fourth-order valence-electron chi connectivity index (χ4n) is 3.43. The van der Waals surface area contributed by atoms with Gasteiger partial charge in [0, 0.05) is 37.9 Å². The second-order valence-corrected chi connectivity index (χ2v) is 9.79. The van der Waals surface area contributed by atoms with E-state index in [4.69, 9.17) is 4.74 Å². The molecule has 0 N–H and O–H groups in total. The number of methoxy groups -OCH3 is 1. The normalized spacial score (nSPS) is 16.2.